The van der Waals surface area contributed by atoms with E-state index in [1.54, 1.807) is 12.1 Å². The Morgan fingerprint density at radius 2 is 2.16 bits per heavy atom. The number of aryl methyl sites for hydroxylation is 1. The second-order valence-corrected chi connectivity index (χ2v) is 4.31. The van der Waals surface area contributed by atoms with Gasteiger partial charge in [0.2, 0.25) is 0 Å². The van der Waals surface area contributed by atoms with Crippen LogP contribution in [0.2, 0.25) is 5.02 Å². The predicted molar refractivity (Wildman–Crippen MR) is 69.1 cm³/mol. The first kappa shape index (κ1) is 13.3. The molecule has 2 aromatic rings. The van der Waals surface area contributed by atoms with Crippen LogP contribution in [0, 0.1) is 10.1 Å². The molecular formula is C11H12ClN5O2. The van der Waals surface area contributed by atoms with E-state index in [0.717, 1.165) is 5.56 Å². The zero-order chi connectivity index (χ0) is 13.8. The molecule has 1 aromatic heterocycles. The Kier molecular flexibility index (Phi) is 3.96. The monoisotopic (exact) mass is 281 g/mol. The Morgan fingerprint density at radius 1 is 1.47 bits per heavy atom. The molecule has 0 aliphatic rings. The molecule has 0 bridgehead atoms. The Bertz CT molecular complexity index is 644. The van der Waals surface area contributed by atoms with Gasteiger partial charge < -0.3 is 0 Å². The van der Waals surface area contributed by atoms with Gasteiger partial charge in [-0.2, -0.15) is 4.98 Å². The summed E-state index contributed by atoms with van der Waals surface area (Å²) < 4.78 is 1.53. The van der Waals surface area contributed by atoms with Gasteiger partial charge in [-0.1, -0.05) is 30.7 Å². The largest absolute Gasteiger partial charge is 0.318 e. The number of aromatic amines is 1. The van der Waals surface area contributed by atoms with E-state index in [9.17, 15) is 10.1 Å². The van der Waals surface area contributed by atoms with Gasteiger partial charge in [0.15, 0.2) is 5.03 Å². The SMILES string of the molecule is CCc1n/c(=N\[N+](=O)[O-])n(Cc2ccc(Cl)cc2)[nH]1. The minimum Gasteiger partial charge on any atom is -0.282 e. The molecule has 8 heteroatoms. The third kappa shape index (κ3) is 3.41. The Hall–Kier alpha value is -2.15. The summed E-state index contributed by atoms with van der Waals surface area (Å²) in [5.74, 6) is 0.648. The summed E-state index contributed by atoms with van der Waals surface area (Å²) in [6, 6.07) is 7.22. The number of halogens is 1. The van der Waals surface area contributed by atoms with Gasteiger partial charge in [0.25, 0.3) is 0 Å². The molecule has 0 radical (unpaired) electrons. The molecule has 0 aliphatic carbocycles. The van der Waals surface area contributed by atoms with E-state index in [-0.39, 0.29) is 5.62 Å². The van der Waals surface area contributed by atoms with Crippen molar-refractivity contribution in [3.05, 3.63) is 56.4 Å². The quantitative estimate of drug-likeness (QED) is 0.681. The zero-order valence-corrected chi connectivity index (χ0v) is 11.0. The van der Waals surface area contributed by atoms with Gasteiger partial charge in [-0.15, -0.1) is 0 Å². The van der Waals surface area contributed by atoms with E-state index in [1.165, 1.54) is 4.68 Å². The fraction of sp³-hybridized carbons (Fsp3) is 0.273. The Morgan fingerprint density at radius 3 is 2.74 bits per heavy atom. The average Bonchev–Trinajstić information content (AvgIpc) is 2.74. The fourth-order valence-corrected chi connectivity index (χ4v) is 1.73. The molecule has 19 heavy (non-hydrogen) atoms. The number of hydrogen-bond donors (Lipinski definition) is 1. The molecule has 1 aromatic carbocycles. The van der Waals surface area contributed by atoms with E-state index in [2.05, 4.69) is 15.2 Å². The molecule has 0 aliphatic heterocycles. The lowest BCUT2D eigenvalue weighted by molar-refractivity contribution is -0.491. The summed E-state index contributed by atoms with van der Waals surface area (Å²) in [5, 5.41) is 16.6. The molecule has 0 amide bonds. The average molecular weight is 282 g/mol. The lowest BCUT2D eigenvalue weighted by Crippen LogP contribution is -2.22. The molecule has 0 atom stereocenters. The molecule has 2 rings (SSSR count). The summed E-state index contributed by atoms with van der Waals surface area (Å²) in [4.78, 5) is 14.5. The second-order valence-electron chi connectivity index (χ2n) is 3.87. The predicted octanol–water partition coefficient (Wildman–Crippen LogP) is 1.57. The molecule has 0 saturated heterocycles. The van der Waals surface area contributed by atoms with Crippen LogP contribution in [-0.4, -0.2) is 19.8 Å². The summed E-state index contributed by atoms with van der Waals surface area (Å²) in [6.07, 6.45) is 0.647. The molecule has 0 saturated carbocycles. The second kappa shape index (κ2) is 5.66. The van der Waals surface area contributed by atoms with Crippen LogP contribution in [0.25, 0.3) is 0 Å². The van der Waals surface area contributed by atoms with E-state index >= 15 is 0 Å². The molecule has 0 fully saturated rings. The normalized spacial score (nSPS) is 11.8. The summed E-state index contributed by atoms with van der Waals surface area (Å²) in [6.45, 7) is 2.32. The highest BCUT2D eigenvalue weighted by Crippen LogP contribution is 2.09. The van der Waals surface area contributed by atoms with Gasteiger partial charge >= 0.3 is 5.62 Å². The lowest BCUT2D eigenvalue weighted by atomic mass is 10.2. The first-order valence-corrected chi connectivity index (χ1v) is 6.05. The molecule has 1 heterocycles. The van der Waals surface area contributed by atoms with Crippen LogP contribution in [0.3, 0.4) is 0 Å². The topological polar surface area (TPSA) is 89.1 Å². The first-order chi connectivity index (χ1) is 9.08. The zero-order valence-electron chi connectivity index (χ0n) is 10.2. The molecule has 0 unspecified atom stereocenters. The highest BCUT2D eigenvalue weighted by molar-refractivity contribution is 6.30. The molecule has 0 spiro atoms. The smallest absolute Gasteiger partial charge is 0.282 e. The van der Waals surface area contributed by atoms with Crippen LogP contribution in [0.5, 0.6) is 0 Å². The molecule has 100 valence electrons. The van der Waals surface area contributed by atoms with Crippen molar-refractivity contribution in [2.75, 3.05) is 0 Å². The van der Waals surface area contributed by atoms with Crippen molar-refractivity contribution < 1.29 is 5.03 Å². The summed E-state index contributed by atoms with van der Waals surface area (Å²) >= 11 is 5.81. The lowest BCUT2D eigenvalue weighted by Gasteiger charge is -2.02. The van der Waals surface area contributed by atoms with Crippen LogP contribution < -0.4 is 5.62 Å². The van der Waals surface area contributed by atoms with Crippen LogP contribution in [0.1, 0.15) is 18.3 Å². The van der Waals surface area contributed by atoms with Gasteiger partial charge in [0.1, 0.15) is 10.9 Å². The van der Waals surface area contributed by atoms with E-state index in [4.69, 9.17) is 11.6 Å². The van der Waals surface area contributed by atoms with Crippen LogP contribution in [0.4, 0.5) is 0 Å². The Labute approximate surface area is 113 Å². The fourth-order valence-electron chi connectivity index (χ4n) is 1.60. The van der Waals surface area contributed by atoms with Crippen molar-refractivity contribution in [2.24, 2.45) is 5.10 Å². The van der Waals surface area contributed by atoms with Gasteiger partial charge in [0, 0.05) is 11.4 Å². The summed E-state index contributed by atoms with van der Waals surface area (Å²) in [7, 11) is 0. The number of H-pyrrole nitrogens is 1. The first-order valence-electron chi connectivity index (χ1n) is 5.67. The van der Waals surface area contributed by atoms with Crippen molar-refractivity contribution in [3.8, 4) is 0 Å². The number of hydrogen-bond acceptors (Lipinski definition) is 3. The molecule has 1 N–H and O–H groups in total. The maximum atomic E-state index is 10.5. The van der Waals surface area contributed by atoms with E-state index in [0.29, 0.717) is 23.8 Å². The van der Waals surface area contributed by atoms with Crippen molar-refractivity contribution in [2.45, 2.75) is 19.9 Å². The highest BCUT2D eigenvalue weighted by atomic mass is 35.5. The molecule has 7 nitrogen and oxygen atoms in total. The van der Waals surface area contributed by atoms with Gasteiger partial charge in [0.05, 0.1) is 6.54 Å². The van der Waals surface area contributed by atoms with E-state index < -0.39 is 5.03 Å². The van der Waals surface area contributed by atoms with Gasteiger partial charge in [-0.05, 0) is 17.7 Å². The Balaban J connectivity index is 2.36. The maximum absolute atomic E-state index is 10.5. The number of nitro groups is 1. The maximum Gasteiger partial charge on any atom is 0.318 e. The van der Waals surface area contributed by atoms with Crippen LogP contribution >= 0.6 is 11.6 Å². The highest BCUT2D eigenvalue weighted by Gasteiger charge is 2.06. The number of rotatable bonds is 4. The van der Waals surface area contributed by atoms with Gasteiger partial charge in [-0.25, -0.2) is 14.8 Å². The molecular weight excluding hydrogens is 270 g/mol. The minimum absolute atomic E-state index is 0.0526. The summed E-state index contributed by atoms with van der Waals surface area (Å²) in [5.41, 5.74) is 0.998. The van der Waals surface area contributed by atoms with Crippen LogP contribution in [0.15, 0.2) is 29.4 Å². The van der Waals surface area contributed by atoms with Crippen molar-refractivity contribution in [3.63, 3.8) is 0 Å². The third-order valence-corrected chi connectivity index (χ3v) is 2.75. The van der Waals surface area contributed by atoms with Gasteiger partial charge in [-0.3, -0.25) is 5.10 Å². The number of benzene rings is 1. The number of nitrogens with zero attached hydrogens (tertiary/aromatic N) is 4. The van der Waals surface area contributed by atoms with Crippen molar-refractivity contribution in [1.82, 2.24) is 14.8 Å². The minimum atomic E-state index is -0.756. The third-order valence-electron chi connectivity index (χ3n) is 2.50. The standard InChI is InChI=1S/C11H12ClN5O2/c1-2-10-13-11(15-17(18)19)16(14-10)7-8-3-5-9(12)6-4-8/h3-6H,2,7H2,1H3,(H,13,14,15). The van der Waals surface area contributed by atoms with Crippen molar-refractivity contribution >= 4 is 11.6 Å². The number of aromatic nitrogens is 3. The number of nitrogens with one attached hydrogen (secondary N) is 1. The van der Waals surface area contributed by atoms with E-state index in [1.807, 2.05) is 19.1 Å². The van der Waals surface area contributed by atoms with Crippen LogP contribution in [-0.2, 0) is 13.0 Å². The van der Waals surface area contributed by atoms with Crippen molar-refractivity contribution in [1.29, 1.82) is 0 Å².